The third kappa shape index (κ3) is 6.92. The van der Waals surface area contributed by atoms with E-state index >= 15 is 0 Å². The van der Waals surface area contributed by atoms with Gasteiger partial charge in [0.1, 0.15) is 6.10 Å². The van der Waals surface area contributed by atoms with Crippen LogP contribution in [0, 0.1) is 0 Å². The van der Waals surface area contributed by atoms with Crippen LogP contribution in [0.25, 0.3) is 0 Å². The first-order valence-electron chi connectivity index (χ1n) is 9.76. The summed E-state index contributed by atoms with van der Waals surface area (Å²) < 4.78 is 42.7. The summed E-state index contributed by atoms with van der Waals surface area (Å²) in [5, 5.41) is 7.53. The van der Waals surface area contributed by atoms with Gasteiger partial charge in [0.25, 0.3) is 0 Å². The second-order valence-corrected chi connectivity index (χ2v) is 6.75. The predicted molar refractivity (Wildman–Crippen MR) is 123 cm³/mol. The molecule has 3 rings (SSSR count). The van der Waals surface area contributed by atoms with Crippen molar-refractivity contribution in [3.05, 3.63) is 41.7 Å². The van der Waals surface area contributed by atoms with Gasteiger partial charge in [-0.3, -0.25) is 9.67 Å². The van der Waals surface area contributed by atoms with Crippen molar-refractivity contribution in [3.8, 4) is 11.5 Å². The molecule has 1 saturated heterocycles. The molecule has 1 atom stereocenters. The number of aryl methyl sites for hydroxylation is 1. The van der Waals surface area contributed by atoms with Gasteiger partial charge >= 0.3 is 6.61 Å². The number of aliphatic imine (C=N–C) groups is 1. The zero-order chi connectivity index (χ0) is 21.5. The first kappa shape index (κ1) is 25.1. The summed E-state index contributed by atoms with van der Waals surface area (Å²) in [5.41, 5.74) is 1.88. The molecule has 0 radical (unpaired) electrons. The van der Waals surface area contributed by atoms with Crippen LogP contribution < -0.4 is 14.8 Å². The lowest BCUT2D eigenvalue weighted by atomic mass is 10.1. The van der Waals surface area contributed by atoms with Crippen LogP contribution in [0.1, 0.15) is 24.2 Å². The van der Waals surface area contributed by atoms with E-state index in [1.54, 1.807) is 30.8 Å². The molecule has 1 aliphatic rings. The van der Waals surface area contributed by atoms with E-state index in [0.29, 0.717) is 32.8 Å². The SMILES string of the molecule is CCOc1cc(CNC(=NC)N2CCOC(c3cnn(C)c3)C2)ccc1OC(F)F.I. The first-order valence-corrected chi connectivity index (χ1v) is 9.76. The summed E-state index contributed by atoms with van der Waals surface area (Å²) in [4.78, 5) is 6.50. The lowest BCUT2D eigenvalue weighted by Gasteiger charge is -2.34. The van der Waals surface area contributed by atoms with Crippen molar-refractivity contribution in [2.75, 3.05) is 33.4 Å². The van der Waals surface area contributed by atoms with Crippen LogP contribution in [0.4, 0.5) is 8.78 Å². The number of aromatic nitrogens is 2. The van der Waals surface area contributed by atoms with Crippen molar-refractivity contribution >= 4 is 29.9 Å². The Balaban J connectivity index is 0.00000341. The van der Waals surface area contributed by atoms with E-state index in [1.165, 1.54) is 6.07 Å². The molecule has 31 heavy (non-hydrogen) atoms. The molecule has 11 heteroatoms. The Labute approximate surface area is 197 Å². The average Bonchev–Trinajstić information content (AvgIpc) is 3.17. The normalized spacial score (nSPS) is 16.8. The fourth-order valence-electron chi connectivity index (χ4n) is 3.29. The molecule has 0 amide bonds. The molecule has 1 fully saturated rings. The number of alkyl halides is 2. The largest absolute Gasteiger partial charge is 0.490 e. The van der Waals surface area contributed by atoms with E-state index in [9.17, 15) is 8.78 Å². The molecule has 0 saturated carbocycles. The molecule has 1 aliphatic heterocycles. The molecule has 1 aromatic heterocycles. The third-order valence-electron chi connectivity index (χ3n) is 4.65. The Bertz CT molecular complexity index is 865. The smallest absolute Gasteiger partial charge is 0.387 e. The van der Waals surface area contributed by atoms with Gasteiger partial charge in [0.05, 0.1) is 26.0 Å². The first-order chi connectivity index (χ1) is 14.5. The Morgan fingerprint density at radius 3 is 2.84 bits per heavy atom. The van der Waals surface area contributed by atoms with Gasteiger partial charge in [-0.15, -0.1) is 24.0 Å². The zero-order valence-corrected chi connectivity index (χ0v) is 20.1. The van der Waals surface area contributed by atoms with Crippen molar-refractivity contribution in [2.45, 2.75) is 26.2 Å². The number of guanidine groups is 1. The topological polar surface area (TPSA) is 73.1 Å². The molecular weight excluding hydrogens is 523 g/mol. The van der Waals surface area contributed by atoms with Crippen LogP contribution in [-0.2, 0) is 18.3 Å². The van der Waals surface area contributed by atoms with Crippen molar-refractivity contribution in [3.63, 3.8) is 0 Å². The molecule has 2 aromatic rings. The van der Waals surface area contributed by atoms with E-state index in [-0.39, 0.29) is 41.6 Å². The molecule has 0 aliphatic carbocycles. The highest BCUT2D eigenvalue weighted by atomic mass is 127. The molecule has 1 unspecified atom stereocenters. The summed E-state index contributed by atoms with van der Waals surface area (Å²) in [7, 11) is 3.60. The monoisotopic (exact) mass is 551 g/mol. The Kier molecular flexibility index (Phi) is 9.75. The number of hydrogen-bond donors (Lipinski definition) is 1. The van der Waals surface area contributed by atoms with Gasteiger partial charge in [-0.25, -0.2) is 0 Å². The molecule has 0 bridgehead atoms. The highest BCUT2D eigenvalue weighted by Gasteiger charge is 2.25. The van der Waals surface area contributed by atoms with Crippen LogP contribution in [0.2, 0.25) is 0 Å². The summed E-state index contributed by atoms with van der Waals surface area (Å²) in [5.74, 6) is 1.04. The van der Waals surface area contributed by atoms with E-state index in [0.717, 1.165) is 17.1 Å². The van der Waals surface area contributed by atoms with Gasteiger partial charge in [-0.2, -0.15) is 13.9 Å². The van der Waals surface area contributed by atoms with E-state index in [1.807, 2.05) is 19.4 Å². The summed E-state index contributed by atoms with van der Waals surface area (Å²) >= 11 is 0. The van der Waals surface area contributed by atoms with Gasteiger partial charge in [-0.05, 0) is 24.6 Å². The van der Waals surface area contributed by atoms with Crippen LogP contribution in [0.3, 0.4) is 0 Å². The second-order valence-electron chi connectivity index (χ2n) is 6.75. The van der Waals surface area contributed by atoms with Crippen LogP contribution in [-0.4, -0.2) is 60.6 Å². The number of rotatable bonds is 7. The van der Waals surface area contributed by atoms with Gasteiger partial charge in [0.2, 0.25) is 0 Å². The second kappa shape index (κ2) is 12.0. The number of nitrogens with zero attached hydrogens (tertiary/aromatic N) is 4. The molecular formula is C20H28F2IN5O3. The lowest BCUT2D eigenvalue weighted by molar-refractivity contribution is -0.0514. The molecule has 0 spiro atoms. The van der Waals surface area contributed by atoms with Gasteiger partial charge in [-0.1, -0.05) is 6.07 Å². The number of halogens is 3. The van der Waals surface area contributed by atoms with Crippen LogP contribution >= 0.6 is 24.0 Å². The maximum Gasteiger partial charge on any atom is 0.387 e. The Hall–Kier alpha value is -2.15. The summed E-state index contributed by atoms with van der Waals surface area (Å²) in [6, 6.07) is 4.90. The van der Waals surface area contributed by atoms with E-state index < -0.39 is 6.61 Å². The van der Waals surface area contributed by atoms with E-state index in [4.69, 9.17) is 9.47 Å². The lowest BCUT2D eigenvalue weighted by Crippen LogP contribution is -2.47. The molecule has 1 aromatic carbocycles. The fraction of sp³-hybridized carbons (Fsp3) is 0.500. The maximum absolute atomic E-state index is 12.6. The minimum atomic E-state index is -2.90. The summed E-state index contributed by atoms with van der Waals surface area (Å²) in [6.45, 7) is 1.63. The highest BCUT2D eigenvalue weighted by molar-refractivity contribution is 14.0. The Morgan fingerprint density at radius 1 is 1.39 bits per heavy atom. The Morgan fingerprint density at radius 2 is 2.19 bits per heavy atom. The van der Waals surface area contributed by atoms with Gasteiger partial charge < -0.3 is 24.4 Å². The minimum Gasteiger partial charge on any atom is -0.490 e. The summed E-state index contributed by atoms with van der Waals surface area (Å²) in [6.07, 6.45) is 3.67. The van der Waals surface area contributed by atoms with Crippen molar-refractivity contribution in [1.82, 2.24) is 20.0 Å². The van der Waals surface area contributed by atoms with Crippen molar-refractivity contribution < 1.29 is 23.0 Å². The number of nitrogens with one attached hydrogen (secondary N) is 1. The van der Waals surface area contributed by atoms with Crippen LogP contribution in [0.15, 0.2) is 35.6 Å². The minimum absolute atomic E-state index is 0. The highest BCUT2D eigenvalue weighted by Crippen LogP contribution is 2.30. The average molecular weight is 551 g/mol. The number of morpholine rings is 1. The number of ether oxygens (including phenoxy) is 3. The van der Waals surface area contributed by atoms with Crippen LogP contribution in [0.5, 0.6) is 11.5 Å². The molecule has 172 valence electrons. The van der Waals surface area contributed by atoms with Crippen molar-refractivity contribution in [2.24, 2.45) is 12.0 Å². The third-order valence-corrected chi connectivity index (χ3v) is 4.65. The van der Waals surface area contributed by atoms with Gasteiger partial charge in [0, 0.05) is 38.9 Å². The molecule has 1 N–H and O–H groups in total. The fourth-order valence-corrected chi connectivity index (χ4v) is 3.29. The standard InChI is InChI=1S/C20H27F2N5O3.HI/c1-4-28-17-9-14(5-6-16(17)30-19(21)22)10-24-20(23-2)27-7-8-29-18(13-27)15-11-25-26(3)12-15;/h5-6,9,11-12,18-19H,4,7-8,10,13H2,1-3H3,(H,23,24);1H. The maximum atomic E-state index is 12.6. The van der Waals surface area contributed by atoms with E-state index in [2.05, 4.69) is 25.0 Å². The quantitative estimate of drug-likeness (QED) is 0.324. The zero-order valence-electron chi connectivity index (χ0n) is 17.8. The molecule has 8 nitrogen and oxygen atoms in total. The number of benzene rings is 1. The number of hydrogen-bond acceptors (Lipinski definition) is 5. The van der Waals surface area contributed by atoms with Crippen molar-refractivity contribution in [1.29, 1.82) is 0 Å². The van der Waals surface area contributed by atoms with Gasteiger partial charge in [0.15, 0.2) is 17.5 Å². The predicted octanol–water partition coefficient (Wildman–Crippen LogP) is 3.19. The molecule has 2 heterocycles.